The van der Waals surface area contributed by atoms with Crippen molar-refractivity contribution < 1.29 is 9.46 Å². The second-order valence-electron chi connectivity index (χ2n) is 3.24. The Hall–Kier alpha value is -1.63. The van der Waals surface area contributed by atoms with Crippen LogP contribution >= 0.6 is 8.69 Å². The number of allylic oxidation sites excluding steroid dienone is 1. The topological polar surface area (TPSA) is 37.3 Å². The van der Waals surface area contributed by atoms with Crippen LogP contribution in [-0.2, 0) is 11.0 Å². The molecule has 1 unspecified atom stereocenters. The highest BCUT2D eigenvalue weighted by Gasteiger charge is 1.82. The molecule has 0 bridgehead atoms. The molecule has 0 radical (unpaired) electrons. The second kappa shape index (κ2) is 13.4. The summed E-state index contributed by atoms with van der Waals surface area (Å²) in [4.78, 5) is 7.10. The minimum absolute atomic E-state index is 0.973. The van der Waals surface area contributed by atoms with Gasteiger partial charge in [-0.1, -0.05) is 72.8 Å². The first-order valence-electron chi connectivity index (χ1n) is 5.57. The van der Waals surface area contributed by atoms with E-state index in [0.717, 1.165) is 6.42 Å². The van der Waals surface area contributed by atoms with Gasteiger partial charge in [-0.2, -0.15) is 0 Å². The number of hydrogen-bond acceptors (Lipinski definition) is 1. The Morgan fingerprint density at radius 3 is 1.61 bits per heavy atom. The zero-order valence-corrected chi connectivity index (χ0v) is 11.4. The molecule has 96 valence electrons. The fourth-order valence-electron chi connectivity index (χ4n) is 1.17. The minimum Gasteiger partial charge on any atom is -0.348 e. The molecule has 0 aliphatic heterocycles. The predicted octanol–water partition coefficient (Wildman–Crippen LogP) is 3.75. The van der Waals surface area contributed by atoms with Crippen molar-refractivity contribution in [3.63, 3.8) is 0 Å². The molecule has 0 amide bonds. The van der Waals surface area contributed by atoms with E-state index in [0.29, 0.717) is 0 Å². The third-order valence-electron chi connectivity index (χ3n) is 1.89. The first kappa shape index (κ1) is 16.4. The maximum absolute atomic E-state index is 8.57. The summed E-state index contributed by atoms with van der Waals surface area (Å²) in [6.07, 6.45) is 2.89. The summed E-state index contributed by atoms with van der Waals surface area (Å²) >= 11 is 0. The molecule has 0 saturated heterocycles. The van der Waals surface area contributed by atoms with E-state index in [1.165, 1.54) is 5.56 Å². The van der Waals surface area contributed by atoms with E-state index in [1.807, 2.05) is 60.7 Å². The van der Waals surface area contributed by atoms with Gasteiger partial charge in [0.15, 0.2) is 8.69 Å². The van der Waals surface area contributed by atoms with E-state index in [-0.39, 0.29) is 0 Å². The maximum atomic E-state index is 8.57. The van der Waals surface area contributed by atoms with Crippen LogP contribution in [0.5, 0.6) is 0 Å². The van der Waals surface area contributed by atoms with Crippen LogP contribution in [0.25, 0.3) is 0 Å². The van der Waals surface area contributed by atoms with Gasteiger partial charge in [0.25, 0.3) is 0 Å². The van der Waals surface area contributed by atoms with Crippen LogP contribution in [0, 0.1) is 0 Å². The Balaban J connectivity index is 0.000000278. The van der Waals surface area contributed by atoms with Gasteiger partial charge in [-0.15, -0.1) is 6.58 Å². The predicted molar refractivity (Wildman–Crippen MR) is 79.4 cm³/mol. The standard InChI is InChI=1S/C9H10.C6H6.H3O2P/c1-2-6-9-7-4-3-5-8-9;1-2-4-6-5-3-1;1-3-2/h2-5,7-8H,1,6H2;1-6H;3H2,(H,1,2). The molecule has 2 rings (SSSR count). The average Bonchev–Trinajstić information content (AvgIpc) is 2.44. The quantitative estimate of drug-likeness (QED) is 0.661. The van der Waals surface area contributed by atoms with Crippen molar-refractivity contribution in [2.75, 3.05) is 0 Å². The first-order chi connectivity index (χ1) is 8.85. The van der Waals surface area contributed by atoms with Crippen molar-refractivity contribution >= 4 is 8.69 Å². The van der Waals surface area contributed by atoms with Gasteiger partial charge in [-0.05, 0) is 12.0 Å². The molecule has 2 aromatic carbocycles. The van der Waals surface area contributed by atoms with E-state index in [4.69, 9.17) is 9.46 Å². The Labute approximate surface area is 110 Å². The minimum atomic E-state index is -1.50. The molecule has 1 N–H and O–H groups in total. The Morgan fingerprint density at radius 2 is 1.28 bits per heavy atom. The fraction of sp³-hybridized carbons (Fsp3) is 0.0667. The second-order valence-corrected chi connectivity index (χ2v) is 3.45. The van der Waals surface area contributed by atoms with Crippen LogP contribution in [-0.4, -0.2) is 4.89 Å². The maximum Gasteiger partial charge on any atom is 0.177 e. The van der Waals surface area contributed by atoms with Gasteiger partial charge < -0.3 is 4.89 Å². The van der Waals surface area contributed by atoms with Gasteiger partial charge in [-0.25, -0.2) is 0 Å². The lowest BCUT2D eigenvalue weighted by Crippen LogP contribution is -1.75. The largest absolute Gasteiger partial charge is 0.348 e. The normalized spacial score (nSPS) is 8.72. The van der Waals surface area contributed by atoms with Gasteiger partial charge in [0.2, 0.25) is 0 Å². The Bertz CT molecular complexity index is 375. The zero-order chi connectivity index (χ0) is 13.5. The van der Waals surface area contributed by atoms with E-state index in [9.17, 15) is 0 Å². The zero-order valence-electron chi connectivity index (χ0n) is 10.3. The fourth-order valence-corrected chi connectivity index (χ4v) is 1.17. The van der Waals surface area contributed by atoms with Gasteiger partial charge in [0, 0.05) is 0 Å². The van der Waals surface area contributed by atoms with Gasteiger partial charge in [0.1, 0.15) is 0 Å². The molecule has 0 aliphatic carbocycles. The molecule has 0 saturated carbocycles. The highest BCUT2D eigenvalue weighted by molar-refractivity contribution is 7.16. The Morgan fingerprint density at radius 1 is 0.944 bits per heavy atom. The molecule has 2 aromatic rings. The molecule has 3 heteroatoms. The van der Waals surface area contributed by atoms with E-state index >= 15 is 0 Å². The SMILES string of the molecule is C=CCc1ccccc1.O=[PH2]O.c1ccccc1. The number of rotatable bonds is 2. The summed E-state index contributed by atoms with van der Waals surface area (Å²) in [5.74, 6) is 0. The van der Waals surface area contributed by atoms with Crippen LogP contribution in [0.15, 0.2) is 79.4 Å². The molecular formula is C15H19O2P. The molecule has 2 nitrogen and oxygen atoms in total. The van der Waals surface area contributed by atoms with Crippen LogP contribution in [0.2, 0.25) is 0 Å². The summed E-state index contributed by atoms with van der Waals surface area (Å²) in [6, 6.07) is 22.3. The van der Waals surface area contributed by atoms with Crippen LogP contribution in [0.1, 0.15) is 5.56 Å². The monoisotopic (exact) mass is 262 g/mol. The summed E-state index contributed by atoms with van der Waals surface area (Å²) in [6.45, 7) is 3.66. The molecule has 0 heterocycles. The van der Waals surface area contributed by atoms with Gasteiger partial charge in [-0.3, -0.25) is 4.57 Å². The average molecular weight is 262 g/mol. The van der Waals surface area contributed by atoms with E-state index in [2.05, 4.69) is 18.7 Å². The van der Waals surface area contributed by atoms with Gasteiger partial charge >= 0.3 is 0 Å². The van der Waals surface area contributed by atoms with Crippen molar-refractivity contribution in [2.45, 2.75) is 6.42 Å². The van der Waals surface area contributed by atoms with E-state index < -0.39 is 8.69 Å². The summed E-state index contributed by atoms with van der Waals surface area (Å²) in [5, 5.41) is 0. The Kier molecular flexibility index (Phi) is 12.2. The lowest BCUT2D eigenvalue weighted by Gasteiger charge is -1.91. The molecule has 0 aliphatic rings. The molecule has 18 heavy (non-hydrogen) atoms. The van der Waals surface area contributed by atoms with Crippen molar-refractivity contribution in [3.8, 4) is 0 Å². The smallest absolute Gasteiger partial charge is 0.177 e. The molecule has 1 atom stereocenters. The highest BCUT2D eigenvalue weighted by atomic mass is 31.1. The summed E-state index contributed by atoms with van der Waals surface area (Å²) < 4.78 is 8.57. The molecule has 0 spiro atoms. The van der Waals surface area contributed by atoms with Crippen LogP contribution < -0.4 is 0 Å². The third-order valence-corrected chi connectivity index (χ3v) is 1.89. The van der Waals surface area contributed by atoms with Crippen molar-refractivity contribution in [2.24, 2.45) is 0 Å². The van der Waals surface area contributed by atoms with Crippen molar-refractivity contribution in [3.05, 3.63) is 84.9 Å². The molecular weight excluding hydrogens is 243 g/mol. The van der Waals surface area contributed by atoms with Crippen LogP contribution in [0.3, 0.4) is 0 Å². The lowest BCUT2D eigenvalue weighted by molar-refractivity contribution is 0.524. The van der Waals surface area contributed by atoms with Crippen molar-refractivity contribution in [1.82, 2.24) is 0 Å². The van der Waals surface area contributed by atoms with Gasteiger partial charge in [0.05, 0.1) is 0 Å². The highest BCUT2D eigenvalue weighted by Crippen LogP contribution is 1.98. The van der Waals surface area contributed by atoms with Crippen molar-refractivity contribution in [1.29, 1.82) is 0 Å². The first-order valence-corrected chi connectivity index (χ1v) is 6.56. The summed E-state index contributed by atoms with van der Waals surface area (Å²) in [7, 11) is -1.50. The summed E-state index contributed by atoms with van der Waals surface area (Å²) in [5.41, 5.74) is 1.33. The molecule has 0 fully saturated rings. The third kappa shape index (κ3) is 10.9. The van der Waals surface area contributed by atoms with Crippen LogP contribution in [0.4, 0.5) is 0 Å². The van der Waals surface area contributed by atoms with E-state index in [1.54, 1.807) is 0 Å². The number of benzene rings is 2. The lowest BCUT2D eigenvalue weighted by atomic mass is 10.2. The molecule has 0 aromatic heterocycles. The number of hydrogen-bond donors (Lipinski definition) is 1.